The van der Waals surface area contributed by atoms with Gasteiger partial charge in [0, 0.05) is 63.6 Å². The lowest BCUT2D eigenvalue weighted by molar-refractivity contribution is 0.0705. The van der Waals surface area contributed by atoms with E-state index in [1.165, 1.54) is 29.9 Å². The minimum atomic E-state index is -0.600. The summed E-state index contributed by atoms with van der Waals surface area (Å²) in [5.74, 6) is 0.0395. The molecule has 2 fully saturated rings. The lowest BCUT2D eigenvalue weighted by Crippen LogP contribution is -2.42. The fourth-order valence-electron chi connectivity index (χ4n) is 5.07. The van der Waals surface area contributed by atoms with Gasteiger partial charge in [0.25, 0.3) is 5.91 Å². The van der Waals surface area contributed by atoms with E-state index in [-0.39, 0.29) is 5.56 Å². The average molecular weight is 422 g/mol. The molecule has 0 radical (unpaired) electrons. The summed E-state index contributed by atoms with van der Waals surface area (Å²) in [6.45, 7) is 4.99. The zero-order valence-corrected chi connectivity index (χ0v) is 17.7. The molecule has 9 nitrogen and oxygen atoms in total. The molecule has 0 unspecified atom stereocenters. The first-order valence-corrected chi connectivity index (χ1v) is 10.7. The van der Waals surface area contributed by atoms with Crippen LogP contribution in [-0.2, 0) is 13.6 Å². The van der Waals surface area contributed by atoms with Crippen LogP contribution in [0.2, 0.25) is 0 Å². The number of hydrogen-bond donors (Lipinski definition) is 2. The van der Waals surface area contributed by atoms with Gasteiger partial charge in [0.2, 0.25) is 5.95 Å². The van der Waals surface area contributed by atoms with Crippen LogP contribution < -0.4 is 10.4 Å². The average Bonchev–Trinajstić information content (AvgIpc) is 3.35. The fourth-order valence-corrected chi connectivity index (χ4v) is 5.07. The highest BCUT2D eigenvalue weighted by Gasteiger charge is 2.41. The minimum absolute atomic E-state index is 0.245. The molecule has 1 spiro atoms. The van der Waals surface area contributed by atoms with Crippen molar-refractivity contribution in [2.45, 2.75) is 25.8 Å². The number of fused-ring (bicyclic) bond motifs is 1. The molecule has 2 aliphatic rings. The van der Waals surface area contributed by atoms with Gasteiger partial charge in [-0.2, -0.15) is 0 Å². The van der Waals surface area contributed by atoms with Crippen molar-refractivity contribution in [1.82, 2.24) is 29.9 Å². The molecule has 3 aromatic heterocycles. The van der Waals surface area contributed by atoms with E-state index in [0.717, 1.165) is 51.1 Å². The summed E-state index contributed by atoms with van der Waals surface area (Å²) in [6, 6.07) is 4.11. The number of hydrogen-bond acceptors (Lipinski definition) is 7. The Kier molecular flexibility index (Phi) is 5.07. The number of hydroxylamine groups is 1. The molecule has 5 heterocycles. The van der Waals surface area contributed by atoms with Gasteiger partial charge in [0.05, 0.1) is 16.6 Å². The van der Waals surface area contributed by atoms with Crippen molar-refractivity contribution in [3.8, 4) is 0 Å². The first kappa shape index (κ1) is 19.9. The molecule has 2 saturated heterocycles. The van der Waals surface area contributed by atoms with Gasteiger partial charge in [-0.05, 0) is 43.4 Å². The Morgan fingerprint density at radius 2 is 1.90 bits per heavy atom. The second-order valence-electron chi connectivity index (χ2n) is 8.80. The lowest BCUT2D eigenvalue weighted by Gasteiger charge is -2.39. The first-order chi connectivity index (χ1) is 15.1. The van der Waals surface area contributed by atoms with Crippen LogP contribution in [0, 0.1) is 5.41 Å². The molecular formula is C22H27N7O2. The van der Waals surface area contributed by atoms with E-state index in [2.05, 4.69) is 48.6 Å². The Morgan fingerprint density at radius 1 is 1.16 bits per heavy atom. The molecule has 9 heteroatoms. The zero-order valence-electron chi connectivity index (χ0n) is 17.7. The standard InChI is InChI=1S/C22H27N7O2/c1-27-13-17(19-18(27)3-2-7-23-19)14-28-8-4-22(15-28)5-9-29(10-6-22)21-24-11-16(12-25-21)20(30)26-31/h2-3,7,11-13,31H,4-6,8-10,14-15H2,1H3,(H,26,30). The van der Waals surface area contributed by atoms with Gasteiger partial charge in [-0.15, -0.1) is 0 Å². The van der Waals surface area contributed by atoms with E-state index < -0.39 is 5.91 Å². The smallest absolute Gasteiger partial charge is 0.277 e. The summed E-state index contributed by atoms with van der Waals surface area (Å²) in [5, 5.41) is 8.72. The summed E-state index contributed by atoms with van der Waals surface area (Å²) in [6.07, 6.45) is 10.4. The van der Waals surface area contributed by atoms with Gasteiger partial charge in [-0.25, -0.2) is 15.4 Å². The number of aromatic nitrogens is 4. The van der Waals surface area contributed by atoms with E-state index in [9.17, 15) is 4.79 Å². The number of pyridine rings is 1. The second kappa shape index (κ2) is 7.90. The van der Waals surface area contributed by atoms with E-state index in [1.54, 1.807) is 5.48 Å². The van der Waals surface area contributed by atoms with Crippen molar-refractivity contribution in [1.29, 1.82) is 0 Å². The highest BCUT2D eigenvalue weighted by molar-refractivity contribution is 5.92. The number of rotatable bonds is 4. The number of piperidine rings is 1. The summed E-state index contributed by atoms with van der Waals surface area (Å²) >= 11 is 0. The highest BCUT2D eigenvalue weighted by atomic mass is 16.5. The van der Waals surface area contributed by atoms with Crippen molar-refractivity contribution in [2.75, 3.05) is 31.1 Å². The van der Waals surface area contributed by atoms with Crippen molar-refractivity contribution >= 4 is 22.9 Å². The van der Waals surface area contributed by atoms with Crippen LogP contribution in [0.25, 0.3) is 11.0 Å². The summed E-state index contributed by atoms with van der Waals surface area (Å²) in [4.78, 5) is 29.4. The number of anilines is 1. The molecule has 31 heavy (non-hydrogen) atoms. The maximum Gasteiger partial charge on any atom is 0.277 e. The predicted molar refractivity (Wildman–Crippen MR) is 116 cm³/mol. The van der Waals surface area contributed by atoms with E-state index in [1.807, 2.05) is 12.3 Å². The van der Waals surface area contributed by atoms with Crippen LogP contribution in [0.5, 0.6) is 0 Å². The first-order valence-electron chi connectivity index (χ1n) is 10.7. The number of nitrogens with zero attached hydrogens (tertiary/aromatic N) is 6. The zero-order chi connectivity index (χ0) is 21.4. The minimum Gasteiger partial charge on any atom is -0.349 e. The van der Waals surface area contributed by atoms with Crippen molar-refractivity contribution in [3.63, 3.8) is 0 Å². The van der Waals surface area contributed by atoms with Crippen molar-refractivity contribution in [3.05, 3.63) is 48.0 Å². The molecule has 5 rings (SSSR count). The maximum absolute atomic E-state index is 11.4. The maximum atomic E-state index is 11.4. The van der Waals surface area contributed by atoms with Crippen LogP contribution in [0.3, 0.4) is 0 Å². The van der Waals surface area contributed by atoms with E-state index in [4.69, 9.17) is 5.21 Å². The van der Waals surface area contributed by atoms with Gasteiger partial charge in [-0.1, -0.05) is 0 Å². The summed E-state index contributed by atoms with van der Waals surface area (Å²) in [5.41, 5.74) is 5.79. The van der Waals surface area contributed by atoms with Gasteiger partial charge >= 0.3 is 0 Å². The molecule has 2 aliphatic heterocycles. The molecule has 0 saturated carbocycles. The second-order valence-corrected chi connectivity index (χ2v) is 8.80. The molecule has 3 aromatic rings. The number of nitrogens with one attached hydrogen (secondary N) is 1. The third-order valence-electron chi connectivity index (χ3n) is 6.84. The van der Waals surface area contributed by atoms with Crippen LogP contribution in [0.1, 0.15) is 35.2 Å². The highest BCUT2D eigenvalue weighted by Crippen LogP contribution is 2.41. The van der Waals surface area contributed by atoms with E-state index in [0.29, 0.717) is 11.4 Å². The number of amides is 1. The third-order valence-corrected chi connectivity index (χ3v) is 6.84. The van der Waals surface area contributed by atoms with Crippen LogP contribution in [-0.4, -0.2) is 61.7 Å². The number of aryl methyl sites for hydroxylation is 1. The monoisotopic (exact) mass is 421 g/mol. The molecule has 0 aliphatic carbocycles. The number of carbonyl (C=O) groups is 1. The molecule has 162 valence electrons. The van der Waals surface area contributed by atoms with Gasteiger partial charge in [0.1, 0.15) is 0 Å². The summed E-state index contributed by atoms with van der Waals surface area (Å²) < 4.78 is 2.16. The molecule has 1 amide bonds. The SMILES string of the molecule is Cn1cc(CN2CCC3(CCN(c4ncc(C(=O)NO)cn4)CC3)C2)c2ncccc21. The predicted octanol–water partition coefficient (Wildman–Crippen LogP) is 1.97. The molecular weight excluding hydrogens is 394 g/mol. The Morgan fingerprint density at radius 3 is 2.65 bits per heavy atom. The largest absolute Gasteiger partial charge is 0.349 e. The van der Waals surface area contributed by atoms with Gasteiger partial charge in [-0.3, -0.25) is 19.9 Å². The Balaban J connectivity index is 1.21. The number of carbonyl (C=O) groups excluding carboxylic acids is 1. The summed E-state index contributed by atoms with van der Waals surface area (Å²) in [7, 11) is 2.08. The Hall–Kier alpha value is -3.04. The van der Waals surface area contributed by atoms with Crippen LogP contribution in [0.4, 0.5) is 5.95 Å². The number of likely N-dealkylation sites (tertiary alicyclic amines) is 1. The Bertz CT molecular complexity index is 1090. The molecule has 0 aromatic carbocycles. The topological polar surface area (TPSA) is 99.4 Å². The normalized spacial score (nSPS) is 18.7. The van der Waals surface area contributed by atoms with Gasteiger partial charge in [0.15, 0.2) is 0 Å². The third kappa shape index (κ3) is 3.75. The van der Waals surface area contributed by atoms with E-state index >= 15 is 0 Å². The van der Waals surface area contributed by atoms with Crippen molar-refractivity contribution < 1.29 is 10.0 Å². The molecule has 0 bridgehead atoms. The molecule has 2 N–H and O–H groups in total. The molecule has 0 atom stereocenters. The van der Waals surface area contributed by atoms with Gasteiger partial charge < -0.3 is 9.47 Å². The quantitative estimate of drug-likeness (QED) is 0.491. The lowest BCUT2D eigenvalue weighted by atomic mass is 9.78. The fraction of sp³-hybridized carbons (Fsp3) is 0.455. The Labute approximate surface area is 180 Å². The van der Waals surface area contributed by atoms with Crippen LogP contribution in [0.15, 0.2) is 36.9 Å². The van der Waals surface area contributed by atoms with Crippen LogP contribution >= 0.6 is 0 Å². The van der Waals surface area contributed by atoms with Crippen molar-refractivity contribution in [2.24, 2.45) is 12.5 Å².